The molecule has 146 valence electrons. The van der Waals surface area contributed by atoms with Crippen LogP contribution >= 0.6 is 0 Å². The highest BCUT2D eigenvalue weighted by Gasteiger charge is 2.23. The first-order valence-electron chi connectivity index (χ1n) is 7.95. The van der Waals surface area contributed by atoms with Crippen molar-refractivity contribution >= 4 is 21.6 Å². The molecule has 0 spiro atoms. The number of rotatable bonds is 8. The lowest BCUT2D eigenvalue weighted by atomic mass is 10.3. The molecule has 2 rings (SSSR count). The van der Waals surface area contributed by atoms with Crippen LogP contribution in [0.2, 0.25) is 0 Å². The monoisotopic (exact) mass is 394 g/mol. The summed E-state index contributed by atoms with van der Waals surface area (Å²) in [5.41, 5.74) is 0.319. The highest BCUT2D eigenvalue weighted by Crippen LogP contribution is 2.28. The molecule has 0 aliphatic heterocycles. The fourth-order valence-electron chi connectivity index (χ4n) is 2.17. The maximum atomic E-state index is 12.4. The van der Waals surface area contributed by atoms with E-state index in [1.165, 1.54) is 33.3 Å². The summed E-state index contributed by atoms with van der Waals surface area (Å²) in [4.78, 5) is 12.1. The fraction of sp³-hybridized carbons (Fsp3) is 0.278. The Morgan fingerprint density at radius 3 is 2.19 bits per heavy atom. The Kier molecular flexibility index (Phi) is 6.65. The molecule has 1 amide bonds. The summed E-state index contributed by atoms with van der Waals surface area (Å²) in [7, 11) is 2.05. The van der Waals surface area contributed by atoms with Crippen molar-refractivity contribution in [3.8, 4) is 17.2 Å². The predicted molar refractivity (Wildman–Crippen MR) is 101 cm³/mol. The smallest absolute Gasteiger partial charge is 0.262 e. The number of anilines is 1. The first-order chi connectivity index (χ1) is 12.8. The number of nitrogens with one attached hydrogen (secondary N) is 1. The molecule has 0 aliphatic rings. The van der Waals surface area contributed by atoms with Crippen LogP contribution in [-0.2, 0) is 14.8 Å². The Morgan fingerprint density at radius 1 is 1.00 bits per heavy atom. The molecule has 0 unspecified atom stereocenters. The molecule has 2 aromatic carbocycles. The van der Waals surface area contributed by atoms with Gasteiger partial charge in [-0.2, -0.15) is 0 Å². The zero-order valence-electron chi connectivity index (χ0n) is 15.6. The first kappa shape index (κ1) is 20.5. The van der Waals surface area contributed by atoms with Crippen molar-refractivity contribution in [1.82, 2.24) is 4.31 Å². The third-order valence-corrected chi connectivity index (χ3v) is 5.47. The van der Waals surface area contributed by atoms with Gasteiger partial charge in [-0.15, -0.1) is 0 Å². The molecule has 8 nitrogen and oxygen atoms in total. The summed E-state index contributed by atoms with van der Waals surface area (Å²) in [5, 5.41) is 2.61. The highest BCUT2D eigenvalue weighted by atomic mass is 32.2. The quantitative estimate of drug-likeness (QED) is 0.736. The van der Waals surface area contributed by atoms with E-state index in [4.69, 9.17) is 14.2 Å². The molecule has 0 saturated carbocycles. The molecule has 27 heavy (non-hydrogen) atoms. The maximum absolute atomic E-state index is 12.4. The molecule has 0 bridgehead atoms. The largest absolute Gasteiger partial charge is 0.497 e. The van der Waals surface area contributed by atoms with Gasteiger partial charge in [0.15, 0.2) is 6.61 Å². The van der Waals surface area contributed by atoms with E-state index in [0.717, 1.165) is 4.31 Å². The average Bonchev–Trinajstić information content (AvgIpc) is 2.66. The Labute approximate surface area is 158 Å². The van der Waals surface area contributed by atoms with Gasteiger partial charge in [0.2, 0.25) is 10.0 Å². The third-order valence-electron chi connectivity index (χ3n) is 3.64. The number of methoxy groups -OCH3 is 2. The lowest BCUT2D eigenvalue weighted by molar-refractivity contribution is -0.118. The van der Waals surface area contributed by atoms with Crippen LogP contribution in [0.1, 0.15) is 0 Å². The number of amides is 1. The lowest BCUT2D eigenvalue weighted by Crippen LogP contribution is -2.24. The highest BCUT2D eigenvalue weighted by molar-refractivity contribution is 7.89. The van der Waals surface area contributed by atoms with Crippen molar-refractivity contribution in [2.75, 3.05) is 40.2 Å². The summed E-state index contributed by atoms with van der Waals surface area (Å²) in [6.45, 7) is -0.228. The minimum Gasteiger partial charge on any atom is -0.497 e. The normalized spacial score (nSPS) is 11.1. The Hall–Kier alpha value is -2.78. The number of carbonyl (C=O) groups is 1. The van der Waals surface area contributed by atoms with Crippen molar-refractivity contribution in [3.63, 3.8) is 0 Å². The first-order valence-corrected chi connectivity index (χ1v) is 9.39. The van der Waals surface area contributed by atoms with Gasteiger partial charge in [-0.1, -0.05) is 0 Å². The zero-order chi connectivity index (χ0) is 20.0. The standard InChI is InChI=1S/C18H22N2O6S/c1-20(2)27(22,23)17-11-13(5-10-16(17)25-4)19-18(21)12-26-15-8-6-14(24-3)7-9-15/h5-11H,12H2,1-4H3,(H,19,21). The minimum atomic E-state index is -3.73. The van der Waals surface area contributed by atoms with E-state index >= 15 is 0 Å². The van der Waals surface area contributed by atoms with Gasteiger partial charge < -0.3 is 19.5 Å². The number of ether oxygens (including phenoxy) is 3. The second kappa shape index (κ2) is 8.74. The second-order valence-corrected chi connectivity index (χ2v) is 7.79. The Balaban J connectivity index is 2.08. The summed E-state index contributed by atoms with van der Waals surface area (Å²) in [6, 6.07) is 11.2. The molecule has 1 N–H and O–H groups in total. The van der Waals surface area contributed by atoms with Gasteiger partial charge in [0.1, 0.15) is 22.1 Å². The van der Waals surface area contributed by atoms with Gasteiger partial charge in [-0.05, 0) is 42.5 Å². The van der Waals surface area contributed by atoms with Gasteiger partial charge in [0, 0.05) is 19.8 Å². The van der Waals surface area contributed by atoms with Gasteiger partial charge in [-0.25, -0.2) is 12.7 Å². The molecule has 0 aromatic heterocycles. The Bertz CT molecular complexity index is 895. The van der Waals surface area contributed by atoms with Crippen molar-refractivity contribution < 1.29 is 27.4 Å². The summed E-state index contributed by atoms with van der Waals surface area (Å²) >= 11 is 0. The van der Waals surface area contributed by atoms with E-state index < -0.39 is 15.9 Å². The molecule has 0 atom stereocenters. The van der Waals surface area contributed by atoms with E-state index in [-0.39, 0.29) is 17.3 Å². The van der Waals surface area contributed by atoms with Crippen LogP contribution in [0.25, 0.3) is 0 Å². The summed E-state index contributed by atoms with van der Waals surface area (Å²) in [6.07, 6.45) is 0. The second-order valence-electron chi connectivity index (χ2n) is 5.67. The van der Waals surface area contributed by atoms with Crippen LogP contribution in [0.3, 0.4) is 0 Å². The lowest BCUT2D eigenvalue weighted by Gasteiger charge is -2.16. The minimum absolute atomic E-state index is 0.0381. The van der Waals surface area contributed by atoms with E-state index in [1.54, 1.807) is 37.4 Å². The van der Waals surface area contributed by atoms with Crippen LogP contribution in [0, 0.1) is 0 Å². The maximum Gasteiger partial charge on any atom is 0.262 e. The van der Waals surface area contributed by atoms with Gasteiger partial charge in [-0.3, -0.25) is 4.79 Å². The molecule has 0 heterocycles. The van der Waals surface area contributed by atoms with Gasteiger partial charge in [0.25, 0.3) is 5.91 Å². The molecular formula is C18H22N2O6S. The molecule has 0 aliphatic carbocycles. The summed E-state index contributed by atoms with van der Waals surface area (Å²) < 4.78 is 41.5. The third kappa shape index (κ3) is 5.11. The number of carbonyl (C=O) groups excluding carboxylic acids is 1. The topological polar surface area (TPSA) is 94.2 Å². The molecule has 2 aromatic rings. The fourth-order valence-corrected chi connectivity index (χ4v) is 3.25. The number of sulfonamides is 1. The van der Waals surface area contributed by atoms with Crippen molar-refractivity contribution in [1.29, 1.82) is 0 Å². The van der Waals surface area contributed by atoms with Gasteiger partial charge in [0.05, 0.1) is 14.2 Å². The van der Waals surface area contributed by atoms with Gasteiger partial charge >= 0.3 is 0 Å². The Morgan fingerprint density at radius 2 is 1.63 bits per heavy atom. The molecule has 0 radical (unpaired) electrons. The number of nitrogens with zero attached hydrogens (tertiary/aromatic N) is 1. The van der Waals surface area contributed by atoms with E-state index in [0.29, 0.717) is 17.2 Å². The van der Waals surface area contributed by atoms with E-state index in [9.17, 15) is 13.2 Å². The van der Waals surface area contributed by atoms with Crippen LogP contribution in [0.5, 0.6) is 17.2 Å². The van der Waals surface area contributed by atoms with Crippen LogP contribution < -0.4 is 19.5 Å². The molecular weight excluding hydrogens is 372 g/mol. The summed E-state index contributed by atoms with van der Waals surface area (Å²) in [5.74, 6) is 0.955. The number of hydrogen-bond donors (Lipinski definition) is 1. The zero-order valence-corrected chi connectivity index (χ0v) is 16.4. The van der Waals surface area contributed by atoms with Crippen molar-refractivity contribution in [2.24, 2.45) is 0 Å². The van der Waals surface area contributed by atoms with Crippen molar-refractivity contribution in [3.05, 3.63) is 42.5 Å². The van der Waals surface area contributed by atoms with Crippen LogP contribution in [0.4, 0.5) is 5.69 Å². The average molecular weight is 394 g/mol. The number of benzene rings is 2. The molecule has 0 saturated heterocycles. The SMILES string of the molecule is COc1ccc(OCC(=O)Nc2ccc(OC)c(S(=O)(=O)N(C)C)c2)cc1. The van der Waals surface area contributed by atoms with E-state index in [2.05, 4.69) is 5.32 Å². The predicted octanol–water partition coefficient (Wildman–Crippen LogP) is 1.97. The van der Waals surface area contributed by atoms with Crippen LogP contribution in [0.15, 0.2) is 47.4 Å². The van der Waals surface area contributed by atoms with Crippen LogP contribution in [-0.4, -0.2) is 53.6 Å². The molecule has 9 heteroatoms. The van der Waals surface area contributed by atoms with Crippen molar-refractivity contribution in [2.45, 2.75) is 4.90 Å². The number of hydrogen-bond acceptors (Lipinski definition) is 6. The molecule has 0 fully saturated rings. The van der Waals surface area contributed by atoms with E-state index in [1.807, 2.05) is 0 Å².